The summed E-state index contributed by atoms with van der Waals surface area (Å²) < 4.78 is 5.89. The lowest BCUT2D eigenvalue weighted by molar-refractivity contribution is 0.598. The second-order valence-electron chi connectivity index (χ2n) is 2.91. The van der Waals surface area contributed by atoms with E-state index in [0.717, 1.165) is 5.56 Å². The van der Waals surface area contributed by atoms with Crippen molar-refractivity contribution in [2.45, 2.75) is 6.92 Å². The van der Waals surface area contributed by atoms with Gasteiger partial charge in [0.05, 0.1) is 8.96 Å². The van der Waals surface area contributed by atoms with Gasteiger partial charge in [0.15, 0.2) is 0 Å². The quantitative estimate of drug-likeness (QED) is 0.697. The minimum atomic E-state index is 0.0468. The van der Waals surface area contributed by atoms with Gasteiger partial charge in [0.2, 0.25) is 5.43 Å². The first-order chi connectivity index (χ1) is 6.18. The highest BCUT2D eigenvalue weighted by molar-refractivity contribution is 14.1. The average Bonchev–Trinajstić information content (AvgIpc) is 2.12. The van der Waals surface area contributed by atoms with Gasteiger partial charge >= 0.3 is 0 Å². The molecule has 0 N–H and O–H groups in total. The molecule has 2 aromatic rings. The Balaban J connectivity index is 2.97. The third-order valence-electron chi connectivity index (χ3n) is 1.89. The number of rotatable bonds is 0. The topological polar surface area (TPSA) is 30.2 Å². The SMILES string of the molecule is Cc1ccc2occ(I)c(=O)c2c1. The van der Waals surface area contributed by atoms with Crippen LogP contribution in [-0.4, -0.2) is 0 Å². The van der Waals surface area contributed by atoms with E-state index in [9.17, 15) is 4.79 Å². The first-order valence-corrected chi connectivity index (χ1v) is 4.94. The van der Waals surface area contributed by atoms with Crippen molar-refractivity contribution in [3.63, 3.8) is 0 Å². The zero-order valence-electron chi connectivity index (χ0n) is 7.00. The zero-order chi connectivity index (χ0) is 9.42. The summed E-state index contributed by atoms with van der Waals surface area (Å²) in [5, 5.41) is 0.659. The van der Waals surface area contributed by atoms with Crippen LogP contribution in [0.15, 0.2) is 33.7 Å². The normalized spacial score (nSPS) is 10.6. The lowest BCUT2D eigenvalue weighted by Crippen LogP contribution is -2.04. The van der Waals surface area contributed by atoms with Crippen molar-refractivity contribution in [2.24, 2.45) is 0 Å². The predicted octanol–water partition coefficient (Wildman–Crippen LogP) is 2.71. The maximum Gasteiger partial charge on any atom is 0.205 e. The molecule has 0 unspecified atom stereocenters. The van der Waals surface area contributed by atoms with E-state index >= 15 is 0 Å². The van der Waals surface area contributed by atoms with Gasteiger partial charge < -0.3 is 4.42 Å². The van der Waals surface area contributed by atoms with Crippen molar-refractivity contribution >= 4 is 33.6 Å². The van der Waals surface area contributed by atoms with Crippen molar-refractivity contribution in [3.05, 3.63) is 43.8 Å². The Hall–Kier alpha value is -0.840. The molecule has 0 aliphatic rings. The van der Waals surface area contributed by atoms with Crippen molar-refractivity contribution in [3.8, 4) is 0 Å². The number of aryl methyl sites for hydroxylation is 1. The molecule has 0 atom stereocenters. The summed E-state index contributed by atoms with van der Waals surface area (Å²) >= 11 is 1.98. The molecule has 0 saturated heterocycles. The molecule has 1 heterocycles. The van der Waals surface area contributed by atoms with Crippen LogP contribution in [0.4, 0.5) is 0 Å². The highest BCUT2D eigenvalue weighted by Crippen LogP contribution is 2.13. The molecule has 0 aliphatic heterocycles. The Bertz CT molecular complexity index is 509. The number of hydrogen-bond donors (Lipinski definition) is 0. The predicted molar refractivity (Wildman–Crippen MR) is 59.9 cm³/mol. The van der Waals surface area contributed by atoms with Gasteiger partial charge in [-0.2, -0.15) is 0 Å². The van der Waals surface area contributed by atoms with Crippen LogP contribution in [-0.2, 0) is 0 Å². The summed E-state index contributed by atoms with van der Waals surface area (Å²) in [4.78, 5) is 11.6. The van der Waals surface area contributed by atoms with Crippen LogP contribution in [0.1, 0.15) is 5.56 Å². The Morgan fingerprint density at radius 3 is 2.92 bits per heavy atom. The fraction of sp³-hybridized carbons (Fsp3) is 0.100. The van der Waals surface area contributed by atoms with E-state index < -0.39 is 0 Å². The van der Waals surface area contributed by atoms with Crippen LogP contribution < -0.4 is 5.43 Å². The molecule has 2 rings (SSSR count). The first-order valence-electron chi connectivity index (χ1n) is 3.86. The highest BCUT2D eigenvalue weighted by atomic mass is 127. The smallest absolute Gasteiger partial charge is 0.205 e. The van der Waals surface area contributed by atoms with E-state index in [2.05, 4.69) is 0 Å². The number of hydrogen-bond acceptors (Lipinski definition) is 2. The summed E-state index contributed by atoms with van der Waals surface area (Å²) in [6.07, 6.45) is 1.49. The van der Waals surface area contributed by atoms with Gasteiger partial charge in [0, 0.05) is 0 Å². The second-order valence-corrected chi connectivity index (χ2v) is 4.07. The molecule has 66 valence electrons. The lowest BCUT2D eigenvalue weighted by Gasteiger charge is -1.97. The lowest BCUT2D eigenvalue weighted by atomic mass is 10.1. The maximum atomic E-state index is 11.6. The van der Waals surface area contributed by atoms with E-state index in [1.807, 2.05) is 47.7 Å². The Labute approximate surface area is 88.7 Å². The molecule has 3 heteroatoms. The number of halogens is 1. The first kappa shape index (κ1) is 8.74. The Morgan fingerprint density at radius 1 is 1.38 bits per heavy atom. The van der Waals surface area contributed by atoms with Crippen LogP contribution in [0.5, 0.6) is 0 Å². The molecule has 1 aromatic carbocycles. The van der Waals surface area contributed by atoms with E-state index in [1.165, 1.54) is 6.26 Å². The van der Waals surface area contributed by atoms with Crippen LogP contribution in [0.2, 0.25) is 0 Å². The van der Waals surface area contributed by atoms with E-state index in [0.29, 0.717) is 14.5 Å². The molecule has 0 fully saturated rings. The van der Waals surface area contributed by atoms with Gasteiger partial charge in [-0.05, 0) is 41.6 Å². The third-order valence-corrected chi connectivity index (χ3v) is 2.63. The average molecular weight is 286 g/mol. The van der Waals surface area contributed by atoms with Gasteiger partial charge in [0.25, 0.3) is 0 Å². The molecule has 0 aliphatic carbocycles. The van der Waals surface area contributed by atoms with Gasteiger partial charge in [-0.3, -0.25) is 4.79 Å². The number of benzene rings is 1. The Kier molecular flexibility index (Phi) is 2.11. The highest BCUT2D eigenvalue weighted by Gasteiger charge is 2.03. The van der Waals surface area contributed by atoms with Gasteiger partial charge in [-0.1, -0.05) is 11.6 Å². The molecule has 0 bridgehead atoms. The zero-order valence-corrected chi connectivity index (χ0v) is 9.16. The molecule has 2 nitrogen and oxygen atoms in total. The molecule has 0 saturated carbocycles. The van der Waals surface area contributed by atoms with Crippen molar-refractivity contribution in [2.75, 3.05) is 0 Å². The summed E-state index contributed by atoms with van der Waals surface area (Å²) in [7, 11) is 0. The van der Waals surface area contributed by atoms with Gasteiger partial charge in [-0.25, -0.2) is 0 Å². The van der Waals surface area contributed by atoms with Gasteiger partial charge in [0.1, 0.15) is 11.8 Å². The van der Waals surface area contributed by atoms with Crippen molar-refractivity contribution in [1.29, 1.82) is 0 Å². The molecule has 0 radical (unpaired) electrons. The molecule has 0 spiro atoms. The number of fused-ring (bicyclic) bond motifs is 1. The Morgan fingerprint density at radius 2 is 2.15 bits per heavy atom. The summed E-state index contributed by atoms with van der Waals surface area (Å²) in [5.74, 6) is 0. The van der Waals surface area contributed by atoms with Crippen LogP contribution >= 0.6 is 22.6 Å². The standard InChI is InChI=1S/C10H7IO2/c1-6-2-3-9-7(4-6)10(12)8(11)5-13-9/h2-5H,1H3. The van der Waals surface area contributed by atoms with E-state index in [-0.39, 0.29) is 5.43 Å². The van der Waals surface area contributed by atoms with Crippen molar-refractivity contribution in [1.82, 2.24) is 0 Å². The summed E-state index contributed by atoms with van der Waals surface area (Å²) in [6.45, 7) is 1.96. The van der Waals surface area contributed by atoms with E-state index in [4.69, 9.17) is 4.42 Å². The van der Waals surface area contributed by atoms with Crippen LogP contribution in [0.3, 0.4) is 0 Å². The fourth-order valence-electron chi connectivity index (χ4n) is 1.22. The molecular weight excluding hydrogens is 279 g/mol. The van der Waals surface area contributed by atoms with Crippen molar-refractivity contribution < 1.29 is 4.42 Å². The second kappa shape index (κ2) is 3.14. The largest absolute Gasteiger partial charge is 0.463 e. The third kappa shape index (κ3) is 1.48. The minimum Gasteiger partial charge on any atom is -0.463 e. The molecular formula is C10H7IO2. The molecule has 1 aromatic heterocycles. The summed E-state index contributed by atoms with van der Waals surface area (Å²) in [6, 6.07) is 5.60. The van der Waals surface area contributed by atoms with E-state index in [1.54, 1.807) is 0 Å². The fourth-order valence-corrected chi connectivity index (χ4v) is 1.64. The van der Waals surface area contributed by atoms with Gasteiger partial charge in [-0.15, -0.1) is 0 Å². The molecule has 13 heavy (non-hydrogen) atoms. The van der Waals surface area contributed by atoms with Crippen LogP contribution in [0, 0.1) is 10.5 Å². The summed E-state index contributed by atoms with van der Waals surface area (Å²) in [5.41, 5.74) is 1.77. The molecule has 0 amide bonds. The van der Waals surface area contributed by atoms with Crippen LogP contribution in [0.25, 0.3) is 11.0 Å². The maximum absolute atomic E-state index is 11.6. The minimum absolute atomic E-state index is 0.0468. The monoisotopic (exact) mass is 286 g/mol.